The minimum atomic E-state index is -0.215. The topological polar surface area (TPSA) is 72.9 Å². The minimum absolute atomic E-state index is 0.0365. The van der Waals surface area contributed by atoms with Crippen molar-refractivity contribution in [3.05, 3.63) is 77.4 Å². The number of carbonyl (C=O) groups is 2. The van der Waals surface area contributed by atoms with Crippen LogP contribution in [0.4, 0.5) is 0 Å². The maximum atomic E-state index is 12.5. The number of amides is 2. The molecule has 2 aromatic carbocycles. The average Bonchev–Trinajstić information content (AvgIpc) is 3.00. The van der Waals surface area contributed by atoms with E-state index in [1.54, 1.807) is 6.07 Å². The number of carbonyl (C=O) groups excluding carboxylic acids is 2. The molecule has 0 aromatic heterocycles. The number of aliphatic hydroxyl groups excluding tert-OH is 1. The van der Waals surface area contributed by atoms with Crippen molar-refractivity contribution in [1.29, 1.82) is 0 Å². The van der Waals surface area contributed by atoms with Crippen molar-refractivity contribution in [2.45, 2.75) is 32.0 Å². The minimum Gasteiger partial charge on any atom is -0.393 e. The Morgan fingerprint density at radius 3 is 2.33 bits per heavy atom. The summed E-state index contributed by atoms with van der Waals surface area (Å²) in [5, 5.41) is 12.5. The molecule has 0 radical (unpaired) electrons. The summed E-state index contributed by atoms with van der Waals surface area (Å²) >= 11 is 0. The van der Waals surface area contributed by atoms with Crippen molar-refractivity contribution < 1.29 is 14.7 Å². The van der Waals surface area contributed by atoms with E-state index in [0.717, 1.165) is 43.6 Å². The second-order valence-electron chi connectivity index (χ2n) is 7.98. The van der Waals surface area contributed by atoms with Crippen LogP contribution in [0.1, 0.15) is 39.9 Å². The van der Waals surface area contributed by atoms with Crippen LogP contribution in [-0.2, 0) is 17.9 Å². The highest BCUT2D eigenvalue weighted by Crippen LogP contribution is 2.30. The zero-order valence-electron chi connectivity index (χ0n) is 17.0. The van der Waals surface area contributed by atoms with Gasteiger partial charge in [0.2, 0.25) is 5.91 Å². The Morgan fingerprint density at radius 1 is 1.03 bits per heavy atom. The van der Waals surface area contributed by atoms with Crippen LogP contribution in [0.2, 0.25) is 0 Å². The third-order valence-electron chi connectivity index (χ3n) is 5.82. The summed E-state index contributed by atoms with van der Waals surface area (Å²) in [6, 6.07) is 15.5. The molecule has 4 rings (SSSR count). The summed E-state index contributed by atoms with van der Waals surface area (Å²) in [6.07, 6.45) is 1.51. The smallest absolute Gasteiger partial charge is 0.259 e. The summed E-state index contributed by atoms with van der Waals surface area (Å²) in [5.74, 6) is -0.395. The van der Waals surface area contributed by atoms with Gasteiger partial charge in [0, 0.05) is 43.0 Å². The molecule has 1 saturated heterocycles. The first kappa shape index (κ1) is 20.3. The Bertz CT molecular complexity index is 911. The van der Waals surface area contributed by atoms with E-state index < -0.39 is 0 Å². The molecular formula is C24H27N3O3. The molecule has 0 atom stereocenters. The van der Waals surface area contributed by atoms with Gasteiger partial charge >= 0.3 is 0 Å². The zero-order chi connectivity index (χ0) is 21.1. The summed E-state index contributed by atoms with van der Waals surface area (Å²) in [7, 11) is 0. The molecule has 0 spiro atoms. The maximum Gasteiger partial charge on any atom is 0.259 e. The highest BCUT2D eigenvalue weighted by atomic mass is 16.3. The quantitative estimate of drug-likeness (QED) is 0.774. The molecule has 2 N–H and O–H groups in total. The molecule has 1 fully saturated rings. The Hall–Kier alpha value is -2.96. The fraction of sp³-hybridized carbons (Fsp3) is 0.333. The number of benzene rings is 2. The van der Waals surface area contributed by atoms with E-state index in [4.69, 9.17) is 0 Å². The van der Waals surface area contributed by atoms with E-state index in [2.05, 4.69) is 28.9 Å². The zero-order valence-corrected chi connectivity index (χ0v) is 17.0. The molecule has 2 amide bonds. The van der Waals surface area contributed by atoms with Crippen LogP contribution in [0.25, 0.3) is 5.70 Å². The van der Waals surface area contributed by atoms with E-state index in [0.29, 0.717) is 17.8 Å². The van der Waals surface area contributed by atoms with Crippen LogP contribution in [0, 0.1) is 0 Å². The van der Waals surface area contributed by atoms with Crippen LogP contribution in [0.15, 0.2) is 55.1 Å². The Morgan fingerprint density at radius 2 is 1.67 bits per heavy atom. The lowest BCUT2D eigenvalue weighted by Gasteiger charge is -2.29. The molecule has 0 aliphatic carbocycles. The molecule has 30 heavy (non-hydrogen) atoms. The summed E-state index contributed by atoms with van der Waals surface area (Å²) < 4.78 is 0. The van der Waals surface area contributed by atoms with Crippen LogP contribution in [-0.4, -0.2) is 52.5 Å². The highest BCUT2D eigenvalue weighted by molar-refractivity contribution is 6.10. The van der Waals surface area contributed by atoms with Gasteiger partial charge in [-0.2, -0.15) is 0 Å². The van der Waals surface area contributed by atoms with Crippen molar-refractivity contribution >= 4 is 17.5 Å². The first-order valence-electron chi connectivity index (χ1n) is 10.4. The number of nitrogens with one attached hydrogen (secondary N) is 1. The highest BCUT2D eigenvalue weighted by Gasteiger charge is 2.31. The largest absolute Gasteiger partial charge is 0.393 e. The van der Waals surface area contributed by atoms with Gasteiger partial charge in [0.15, 0.2) is 0 Å². The van der Waals surface area contributed by atoms with Gasteiger partial charge in [-0.1, -0.05) is 49.0 Å². The van der Waals surface area contributed by atoms with Crippen molar-refractivity contribution in [3.8, 4) is 0 Å². The van der Waals surface area contributed by atoms with Crippen molar-refractivity contribution in [3.63, 3.8) is 0 Å². The molecule has 0 unspecified atom stereocenters. The number of piperidine rings is 1. The van der Waals surface area contributed by atoms with Crippen molar-refractivity contribution in [2.75, 3.05) is 19.6 Å². The monoisotopic (exact) mass is 405 g/mol. The van der Waals surface area contributed by atoms with Gasteiger partial charge in [-0.05, 0) is 30.0 Å². The van der Waals surface area contributed by atoms with Gasteiger partial charge in [0.25, 0.3) is 5.91 Å². The SMILES string of the molecule is C=C1c2ccccc2C(=O)N1CC(=O)NCc1ccc(CN2CCC(O)CC2)cc1. The molecule has 6 nitrogen and oxygen atoms in total. The molecule has 0 bridgehead atoms. The van der Waals surface area contributed by atoms with E-state index in [1.807, 2.05) is 30.3 Å². The van der Waals surface area contributed by atoms with E-state index >= 15 is 0 Å². The van der Waals surface area contributed by atoms with Gasteiger partial charge < -0.3 is 10.4 Å². The Kier molecular flexibility index (Phi) is 5.97. The molecule has 0 saturated carbocycles. The van der Waals surface area contributed by atoms with E-state index in [9.17, 15) is 14.7 Å². The molecule has 6 heteroatoms. The van der Waals surface area contributed by atoms with Gasteiger partial charge in [-0.15, -0.1) is 0 Å². The normalized spacial score (nSPS) is 17.3. The maximum absolute atomic E-state index is 12.5. The first-order valence-corrected chi connectivity index (χ1v) is 10.4. The second-order valence-corrected chi connectivity index (χ2v) is 7.98. The van der Waals surface area contributed by atoms with Gasteiger partial charge in [0.1, 0.15) is 6.54 Å². The molecule has 2 aliphatic rings. The molecule has 2 aromatic rings. The summed E-state index contributed by atoms with van der Waals surface area (Å²) in [5.41, 5.74) is 4.18. The average molecular weight is 405 g/mol. The van der Waals surface area contributed by atoms with E-state index in [-0.39, 0.29) is 24.5 Å². The Labute approximate surface area is 176 Å². The van der Waals surface area contributed by atoms with Gasteiger partial charge in [-0.3, -0.25) is 19.4 Å². The molecule has 2 aliphatic heterocycles. The van der Waals surface area contributed by atoms with Crippen molar-refractivity contribution in [1.82, 2.24) is 15.1 Å². The van der Waals surface area contributed by atoms with Gasteiger partial charge in [0.05, 0.1) is 6.10 Å². The first-order chi connectivity index (χ1) is 14.5. The van der Waals surface area contributed by atoms with Gasteiger partial charge in [-0.25, -0.2) is 0 Å². The molecule has 156 valence electrons. The fourth-order valence-electron chi connectivity index (χ4n) is 4.00. The standard InChI is InChI=1S/C24H27N3O3/c1-17-21-4-2-3-5-22(21)24(30)27(17)16-23(29)25-14-18-6-8-19(9-7-18)15-26-12-10-20(28)11-13-26/h2-9,20,28H,1,10-16H2,(H,25,29). The number of likely N-dealkylation sites (tertiary alicyclic amines) is 1. The fourth-order valence-corrected chi connectivity index (χ4v) is 4.00. The van der Waals surface area contributed by atoms with Crippen LogP contribution < -0.4 is 5.32 Å². The number of hydrogen-bond donors (Lipinski definition) is 2. The summed E-state index contributed by atoms with van der Waals surface area (Å²) in [6.45, 7) is 7.06. The van der Waals surface area contributed by atoms with E-state index in [1.165, 1.54) is 10.5 Å². The lowest BCUT2D eigenvalue weighted by atomic mass is 10.1. The number of nitrogens with zero attached hydrogens (tertiary/aromatic N) is 2. The van der Waals surface area contributed by atoms with Crippen molar-refractivity contribution in [2.24, 2.45) is 0 Å². The lowest BCUT2D eigenvalue weighted by Crippen LogP contribution is -2.36. The van der Waals surface area contributed by atoms with Crippen LogP contribution in [0.3, 0.4) is 0 Å². The number of fused-ring (bicyclic) bond motifs is 1. The Balaban J connectivity index is 1.26. The predicted molar refractivity (Wildman–Crippen MR) is 115 cm³/mol. The predicted octanol–water partition coefficient (Wildman–Crippen LogP) is 2.39. The summed E-state index contributed by atoms with van der Waals surface area (Å²) in [4.78, 5) is 28.7. The number of aliphatic hydroxyl groups is 1. The number of rotatable bonds is 6. The third kappa shape index (κ3) is 4.45. The number of hydrogen-bond acceptors (Lipinski definition) is 4. The van der Waals surface area contributed by atoms with Crippen LogP contribution >= 0.6 is 0 Å². The second kappa shape index (κ2) is 8.81. The molecule has 2 heterocycles. The van der Waals surface area contributed by atoms with Crippen LogP contribution in [0.5, 0.6) is 0 Å². The lowest BCUT2D eigenvalue weighted by molar-refractivity contribution is -0.121. The third-order valence-corrected chi connectivity index (χ3v) is 5.82. The molecular weight excluding hydrogens is 378 g/mol.